The fraction of sp³-hybridized carbons (Fsp3) is 0.833. The predicted octanol–water partition coefficient (Wildman–Crippen LogP) is 3.75. The first-order valence-corrected chi connectivity index (χ1v) is 11.8. The van der Waals surface area contributed by atoms with Crippen molar-refractivity contribution in [1.82, 2.24) is 15.5 Å². The molecule has 0 aromatic heterocycles. The highest BCUT2D eigenvalue weighted by Gasteiger charge is 2.59. The quantitative estimate of drug-likeness (QED) is 0.754. The van der Waals surface area contributed by atoms with Crippen LogP contribution in [0.1, 0.15) is 66.2 Å². The van der Waals surface area contributed by atoms with E-state index in [0.717, 1.165) is 37.9 Å². The molecule has 2 saturated carbocycles. The molecule has 0 aromatic carbocycles. The molecule has 5 heteroatoms. The molecule has 0 spiro atoms. The van der Waals surface area contributed by atoms with E-state index in [1.165, 1.54) is 32.1 Å². The average molecular weight is 402 g/mol. The van der Waals surface area contributed by atoms with E-state index in [1.807, 2.05) is 6.08 Å². The number of rotatable bonds is 4. The van der Waals surface area contributed by atoms with E-state index < -0.39 is 0 Å². The standard InChI is InChI=1S/C24H39N3O2/c1-5-13-25-22(29)26-15-17-6-7-19-18-10-14-27-16(2)21(28)9-12-24(27,4)20(18)8-11-23(17,19)3/h9,12,16-20H,5-8,10-11,13-15H2,1-4H3,(H2,25,26,29)/t16?,17?,18-,19-,20+,23+,24+/m0/s1. The maximum Gasteiger partial charge on any atom is 0.314 e. The fourth-order valence-corrected chi connectivity index (χ4v) is 7.49. The number of nitrogens with one attached hydrogen (secondary N) is 2. The number of hydrogen-bond donors (Lipinski definition) is 2. The van der Waals surface area contributed by atoms with Gasteiger partial charge in [-0.25, -0.2) is 4.79 Å². The number of hydrogen-bond acceptors (Lipinski definition) is 3. The molecule has 0 aromatic rings. The van der Waals surface area contributed by atoms with E-state index >= 15 is 0 Å². The van der Waals surface area contributed by atoms with Gasteiger partial charge < -0.3 is 10.6 Å². The maximum atomic E-state index is 12.3. The van der Waals surface area contributed by atoms with Crippen LogP contribution in [-0.4, -0.2) is 47.9 Å². The molecule has 4 rings (SSSR count). The van der Waals surface area contributed by atoms with Crippen LogP contribution < -0.4 is 10.6 Å². The first-order valence-electron chi connectivity index (χ1n) is 11.8. The van der Waals surface area contributed by atoms with Gasteiger partial charge in [0.2, 0.25) is 0 Å². The number of urea groups is 1. The van der Waals surface area contributed by atoms with Gasteiger partial charge in [-0.1, -0.05) is 19.9 Å². The number of nitrogens with zero attached hydrogens (tertiary/aromatic N) is 1. The van der Waals surface area contributed by atoms with Gasteiger partial charge in [-0.2, -0.15) is 0 Å². The molecular formula is C24H39N3O2. The van der Waals surface area contributed by atoms with Crippen molar-refractivity contribution in [2.75, 3.05) is 19.6 Å². The molecule has 0 radical (unpaired) electrons. The molecule has 2 aliphatic carbocycles. The molecule has 2 N–H and O–H groups in total. The number of ketones is 1. The molecule has 1 saturated heterocycles. The molecule has 3 fully saturated rings. The summed E-state index contributed by atoms with van der Waals surface area (Å²) in [5.41, 5.74) is 0.353. The summed E-state index contributed by atoms with van der Waals surface area (Å²) in [5, 5.41) is 6.09. The Morgan fingerprint density at radius 1 is 1.17 bits per heavy atom. The van der Waals surface area contributed by atoms with Crippen molar-refractivity contribution >= 4 is 11.8 Å². The summed E-state index contributed by atoms with van der Waals surface area (Å²) in [6.07, 6.45) is 11.2. The minimum atomic E-state index is -0.0144. The number of piperidine rings is 1. The van der Waals surface area contributed by atoms with Gasteiger partial charge in [0.1, 0.15) is 0 Å². The van der Waals surface area contributed by atoms with Gasteiger partial charge in [0, 0.05) is 25.2 Å². The highest BCUT2D eigenvalue weighted by molar-refractivity contribution is 5.95. The largest absolute Gasteiger partial charge is 0.338 e. The third-order valence-electron chi connectivity index (χ3n) is 9.22. The van der Waals surface area contributed by atoms with Crippen LogP contribution in [0.3, 0.4) is 0 Å². The van der Waals surface area contributed by atoms with E-state index in [4.69, 9.17) is 0 Å². The molecule has 4 aliphatic rings. The second-order valence-electron chi connectivity index (χ2n) is 10.5. The van der Waals surface area contributed by atoms with Crippen molar-refractivity contribution < 1.29 is 9.59 Å². The van der Waals surface area contributed by atoms with Crippen molar-refractivity contribution in [2.45, 2.75) is 77.8 Å². The monoisotopic (exact) mass is 401 g/mol. The zero-order valence-electron chi connectivity index (χ0n) is 18.7. The number of carbonyl (C=O) groups is 2. The van der Waals surface area contributed by atoms with Gasteiger partial charge in [-0.15, -0.1) is 0 Å². The molecular weight excluding hydrogens is 362 g/mol. The summed E-state index contributed by atoms with van der Waals surface area (Å²) in [4.78, 5) is 26.8. The number of amides is 2. The Morgan fingerprint density at radius 3 is 2.72 bits per heavy atom. The Labute approximate surface area is 176 Å². The van der Waals surface area contributed by atoms with Crippen molar-refractivity contribution in [1.29, 1.82) is 0 Å². The Bertz CT molecular complexity index is 692. The molecule has 5 nitrogen and oxygen atoms in total. The van der Waals surface area contributed by atoms with Crippen LogP contribution >= 0.6 is 0 Å². The lowest BCUT2D eigenvalue weighted by Gasteiger charge is -2.61. The van der Waals surface area contributed by atoms with Crippen molar-refractivity contribution in [3.63, 3.8) is 0 Å². The summed E-state index contributed by atoms with van der Waals surface area (Å²) in [5.74, 6) is 2.95. The van der Waals surface area contributed by atoms with Crippen LogP contribution in [-0.2, 0) is 4.79 Å². The summed E-state index contributed by atoms with van der Waals surface area (Å²) in [6.45, 7) is 11.6. The van der Waals surface area contributed by atoms with Gasteiger partial charge in [0.25, 0.3) is 0 Å². The molecule has 2 heterocycles. The van der Waals surface area contributed by atoms with Crippen LogP contribution in [0.25, 0.3) is 0 Å². The summed E-state index contributed by atoms with van der Waals surface area (Å²) >= 11 is 0. The van der Waals surface area contributed by atoms with E-state index in [1.54, 1.807) is 0 Å². The molecule has 2 unspecified atom stereocenters. The van der Waals surface area contributed by atoms with E-state index in [-0.39, 0.29) is 23.4 Å². The molecule has 29 heavy (non-hydrogen) atoms. The van der Waals surface area contributed by atoms with Gasteiger partial charge in [-0.05, 0) is 87.5 Å². The van der Waals surface area contributed by atoms with Crippen LogP contribution in [0, 0.1) is 29.1 Å². The molecule has 2 aliphatic heterocycles. The lowest BCUT2D eigenvalue weighted by molar-refractivity contribution is -0.133. The molecule has 162 valence electrons. The van der Waals surface area contributed by atoms with Crippen LogP contribution in [0.15, 0.2) is 12.2 Å². The first kappa shape index (κ1) is 20.9. The molecule has 0 bridgehead atoms. The zero-order valence-corrected chi connectivity index (χ0v) is 18.7. The lowest BCUT2D eigenvalue weighted by atomic mass is 9.52. The van der Waals surface area contributed by atoms with Crippen LogP contribution in [0.5, 0.6) is 0 Å². The van der Waals surface area contributed by atoms with Gasteiger partial charge in [-0.3, -0.25) is 9.69 Å². The van der Waals surface area contributed by atoms with Crippen LogP contribution in [0.2, 0.25) is 0 Å². The Morgan fingerprint density at radius 2 is 1.97 bits per heavy atom. The van der Waals surface area contributed by atoms with Gasteiger partial charge in [0.15, 0.2) is 5.78 Å². The smallest absolute Gasteiger partial charge is 0.314 e. The van der Waals surface area contributed by atoms with E-state index in [0.29, 0.717) is 17.3 Å². The predicted molar refractivity (Wildman–Crippen MR) is 116 cm³/mol. The minimum absolute atomic E-state index is 0.0144. The summed E-state index contributed by atoms with van der Waals surface area (Å²) in [6, 6.07) is 0.000762. The van der Waals surface area contributed by atoms with E-state index in [2.05, 4.69) is 49.3 Å². The SMILES string of the molecule is CCCNC(=O)NCC1CC[C@H]2[C@@H]3CCN4C(C)C(=O)C=C[C@]4(C)[C@@H]3CC[C@]12C. The minimum Gasteiger partial charge on any atom is -0.338 e. The molecule has 7 atom stereocenters. The second kappa shape index (κ2) is 7.72. The molecule has 2 amide bonds. The maximum absolute atomic E-state index is 12.3. The van der Waals surface area contributed by atoms with Gasteiger partial charge in [0.05, 0.1) is 6.04 Å². The van der Waals surface area contributed by atoms with Crippen LogP contribution in [0.4, 0.5) is 4.79 Å². The van der Waals surface area contributed by atoms with Gasteiger partial charge >= 0.3 is 6.03 Å². The Hall–Kier alpha value is -1.36. The normalized spacial score (nSPS) is 44.0. The summed E-state index contributed by atoms with van der Waals surface area (Å²) < 4.78 is 0. The fourth-order valence-electron chi connectivity index (χ4n) is 7.49. The van der Waals surface area contributed by atoms with Crippen molar-refractivity contribution in [3.8, 4) is 0 Å². The van der Waals surface area contributed by atoms with Crippen molar-refractivity contribution in [2.24, 2.45) is 29.1 Å². The Balaban J connectivity index is 1.47. The summed E-state index contributed by atoms with van der Waals surface area (Å²) in [7, 11) is 0. The first-order chi connectivity index (χ1) is 13.8. The Kier molecular flexibility index (Phi) is 5.56. The third kappa shape index (κ3) is 3.34. The second-order valence-corrected chi connectivity index (χ2v) is 10.5. The highest BCUT2D eigenvalue weighted by atomic mass is 16.2. The third-order valence-corrected chi connectivity index (χ3v) is 9.22. The van der Waals surface area contributed by atoms with Crippen molar-refractivity contribution in [3.05, 3.63) is 12.2 Å². The lowest BCUT2D eigenvalue weighted by Crippen LogP contribution is -2.65. The van der Waals surface area contributed by atoms with E-state index in [9.17, 15) is 9.59 Å². The highest BCUT2D eigenvalue weighted by Crippen LogP contribution is 2.63. The number of fused-ring (bicyclic) bond motifs is 5. The average Bonchev–Trinajstić information content (AvgIpc) is 3.04. The number of carbonyl (C=O) groups excluding carboxylic acids is 2. The topological polar surface area (TPSA) is 61.4 Å². The zero-order chi connectivity index (χ0) is 20.8.